The number of benzene rings is 1. The molecule has 3 rings (SSSR count). The highest BCUT2D eigenvalue weighted by molar-refractivity contribution is 9.10. The molecule has 0 bridgehead atoms. The summed E-state index contributed by atoms with van der Waals surface area (Å²) >= 11 is 3.51. The second kappa shape index (κ2) is 7.03. The Morgan fingerprint density at radius 3 is 2.45 bits per heavy atom. The predicted molar refractivity (Wildman–Crippen MR) is 85.2 cm³/mol. The van der Waals surface area contributed by atoms with Gasteiger partial charge in [-0.3, -0.25) is 4.90 Å². The fourth-order valence-electron chi connectivity index (χ4n) is 3.15. The summed E-state index contributed by atoms with van der Waals surface area (Å²) in [6.07, 6.45) is 1.30. The van der Waals surface area contributed by atoms with Gasteiger partial charge in [0.15, 0.2) is 0 Å². The average Bonchev–Trinajstić information content (AvgIpc) is 2.96. The minimum absolute atomic E-state index is 0.716. The zero-order valence-electron chi connectivity index (χ0n) is 11.9. The van der Waals surface area contributed by atoms with Gasteiger partial charge < -0.3 is 9.64 Å². The largest absolute Gasteiger partial charge is 0.379 e. The molecule has 2 aliphatic heterocycles. The molecule has 1 aromatic rings. The molecule has 1 aromatic carbocycles. The van der Waals surface area contributed by atoms with Crippen LogP contribution in [-0.4, -0.2) is 62.3 Å². The lowest BCUT2D eigenvalue weighted by atomic mass is 9.99. The molecule has 20 heavy (non-hydrogen) atoms. The van der Waals surface area contributed by atoms with Gasteiger partial charge in [-0.25, -0.2) is 0 Å². The minimum Gasteiger partial charge on any atom is -0.379 e. The number of hydrogen-bond donors (Lipinski definition) is 0. The van der Waals surface area contributed by atoms with Gasteiger partial charge >= 0.3 is 0 Å². The molecule has 2 heterocycles. The summed E-state index contributed by atoms with van der Waals surface area (Å²) in [5.74, 6) is 0.716. The molecule has 4 heteroatoms. The summed E-state index contributed by atoms with van der Waals surface area (Å²) in [4.78, 5) is 5.14. The Bertz CT molecular complexity index is 417. The Kier molecular flexibility index (Phi) is 5.10. The van der Waals surface area contributed by atoms with E-state index in [0.29, 0.717) is 5.92 Å². The number of nitrogens with zero attached hydrogens (tertiary/aromatic N) is 2. The maximum atomic E-state index is 5.40. The van der Waals surface area contributed by atoms with Gasteiger partial charge in [-0.1, -0.05) is 28.1 Å². The van der Waals surface area contributed by atoms with Crippen molar-refractivity contribution in [2.75, 3.05) is 52.5 Å². The van der Waals surface area contributed by atoms with Crippen LogP contribution in [0.2, 0.25) is 0 Å². The molecule has 1 atom stereocenters. The van der Waals surface area contributed by atoms with Crippen molar-refractivity contribution in [3.8, 4) is 0 Å². The van der Waals surface area contributed by atoms with Crippen LogP contribution in [0.25, 0.3) is 0 Å². The summed E-state index contributed by atoms with van der Waals surface area (Å²) in [7, 11) is 0. The zero-order valence-corrected chi connectivity index (χ0v) is 13.5. The van der Waals surface area contributed by atoms with Crippen LogP contribution in [0.4, 0.5) is 0 Å². The van der Waals surface area contributed by atoms with E-state index in [1.54, 1.807) is 0 Å². The van der Waals surface area contributed by atoms with Crippen LogP contribution >= 0.6 is 15.9 Å². The molecular weight excluding hydrogens is 316 g/mol. The molecule has 0 aliphatic carbocycles. The van der Waals surface area contributed by atoms with E-state index < -0.39 is 0 Å². The Morgan fingerprint density at radius 1 is 1.00 bits per heavy atom. The lowest BCUT2D eigenvalue weighted by Gasteiger charge is -2.28. The summed E-state index contributed by atoms with van der Waals surface area (Å²) in [6, 6.07) is 8.85. The molecule has 3 nitrogen and oxygen atoms in total. The van der Waals surface area contributed by atoms with Crippen LogP contribution in [0.1, 0.15) is 17.9 Å². The van der Waals surface area contributed by atoms with Gasteiger partial charge in [-0.2, -0.15) is 0 Å². The van der Waals surface area contributed by atoms with Crippen molar-refractivity contribution >= 4 is 15.9 Å². The van der Waals surface area contributed by atoms with E-state index >= 15 is 0 Å². The smallest absolute Gasteiger partial charge is 0.0594 e. The Balaban J connectivity index is 1.45. The second-order valence-electron chi connectivity index (χ2n) is 5.79. The van der Waals surface area contributed by atoms with Crippen molar-refractivity contribution in [1.82, 2.24) is 9.80 Å². The summed E-state index contributed by atoms with van der Waals surface area (Å²) in [6.45, 7) is 8.86. The predicted octanol–water partition coefficient (Wildman–Crippen LogP) is 2.57. The van der Waals surface area contributed by atoms with Gasteiger partial charge in [-0.15, -0.1) is 0 Å². The fourth-order valence-corrected chi connectivity index (χ4v) is 3.41. The quantitative estimate of drug-likeness (QED) is 0.839. The topological polar surface area (TPSA) is 15.7 Å². The van der Waals surface area contributed by atoms with E-state index in [1.165, 1.54) is 42.6 Å². The van der Waals surface area contributed by atoms with Gasteiger partial charge in [0.05, 0.1) is 13.2 Å². The Morgan fingerprint density at radius 2 is 1.70 bits per heavy atom. The molecule has 0 aromatic heterocycles. The molecule has 110 valence electrons. The maximum Gasteiger partial charge on any atom is 0.0594 e. The highest BCUT2D eigenvalue weighted by Gasteiger charge is 2.24. The van der Waals surface area contributed by atoms with Crippen molar-refractivity contribution in [3.63, 3.8) is 0 Å². The maximum absolute atomic E-state index is 5.40. The van der Waals surface area contributed by atoms with Crippen molar-refractivity contribution in [2.24, 2.45) is 0 Å². The lowest BCUT2D eigenvalue weighted by Crippen LogP contribution is -2.41. The highest BCUT2D eigenvalue weighted by atomic mass is 79.9. The fraction of sp³-hybridized carbons (Fsp3) is 0.625. The van der Waals surface area contributed by atoms with Crippen LogP contribution in [0.15, 0.2) is 28.7 Å². The number of ether oxygens (including phenoxy) is 1. The minimum atomic E-state index is 0.716. The standard InChI is InChI=1S/C16H23BrN2O/c17-16-3-1-14(2-4-16)15-5-6-19(13-15)8-7-18-9-11-20-12-10-18/h1-4,15H,5-13H2. The number of hydrogen-bond acceptors (Lipinski definition) is 3. The van der Waals surface area contributed by atoms with Crippen molar-refractivity contribution in [3.05, 3.63) is 34.3 Å². The molecule has 2 saturated heterocycles. The molecule has 0 saturated carbocycles. The van der Waals surface area contributed by atoms with Crippen molar-refractivity contribution in [2.45, 2.75) is 12.3 Å². The summed E-state index contributed by atoms with van der Waals surface area (Å²) in [5.41, 5.74) is 1.49. The van der Waals surface area contributed by atoms with Crippen molar-refractivity contribution < 1.29 is 4.74 Å². The third-order valence-corrected chi connectivity index (χ3v) is 4.98. The first kappa shape index (κ1) is 14.5. The van der Waals surface area contributed by atoms with Gasteiger partial charge in [-0.05, 0) is 36.6 Å². The molecule has 0 N–H and O–H groups in total. The van der Waals surface area contributed by atoms with Gasteiger partial charge in [0.25, 0.3) is 0 Å². The third kappa shape index (κ3) is 3.82. The molecule has 2 aliphatic rings. The Labute approximate surface area is 130 Å². The number of likely N-dealkylation sites (tertiary alicyclic amines) is 1. The van der Waals surface area contributed by atoms with E-state index in [0.717, 1.165) is 26.3 Å². The molecule has 1 unspecified atom stereocenters. The van der Waals surface area contributed by atoms with E-state index in [1.807, 2.05) is 0 Å². The first-order valence-corrected chi connectivity index (χ1v) is 8.38. The van der Waals surface area contributed by atoms with E-state index in [-0.39, 0.29) is 0 Å². The summed E-state index contributed by atoms with van der Waals surface area (Å²) in [5, 5.41) is 0. The van der Waals surface area contributed by atoms with Crippen molar-refractivity contribution in [1.29, 1.82) is 0 Å². The highest BCUT2D eigenvalue weighted by Crippen LogP contribution is 2.27. The number of rotatable bonds is 4. The molecular formula is C16H23BrN2O. The molecule has 0 amide bonds. The first-order valence-electron chi connectivity index (χ1n) is 7.59. The first-order chi connectivity index (χ1) is 9.81. The number of halogens is 1. The van der Waals surface area contributed by atoms with Gasteiger partial charge in [0.1, 0.15) is 0 Å². The number of morpholine rings is 1. The van der Waals surface area contributed by atoms with Crippen LogP contribution in [0.5, 0.6) is 0 Å². The van der Waals surface area contributed by atoms with Crippen LogP contribution in [0, 0.1) is 0 Å². The van der Waals surface area contributed by atoms with Crippen LogP contribution in [-0.2, 0) is 4.74 Å². The van der Waals surface area contributed by atoms with E-state index in [2.05, 4.69) is 50.0 Å². The summed E-state index contributed by atoms with van der Waals surface area (Å²) < 4.78 is 6.57. The van der Waals surface area contributed by atoms with E-state index in [4.69, 9.17) is 4.74 Å². The average molecular weight is 339 g/mol. The van der Waals surface area contributed by atoms with Crippen LogP contribution in [0.3, 0.4) is 0 Å². The van der Waals surface area contributed by atoms with Gasteiger partial charge in [0.2, 0.25) is 0 Å². The second-order valence-corrected chi connectivity index (χ2v) is 6.71. The SMILES string of the molecule is Brc1ccc(C2CCN(CCN3CCOCC3)C2)cc1. The van der Waals surface area contributed by atoms with E-state index in [9.17, 15) is 0 Å². The Hall–Kier alpha value is -0.420. The van der Waals surface area contributed by atoms with Crippen LogP contribution < -0.4 is 0 Å². The zero-order chi connectivity index (χ0) is 13.8. The molecule has 0 spiro atoms. The molecule has 0 radical (unpaired) electrons. The molecule has 2 fully saturated rings. The lowest BCUT2D eigenvalue weighted by molar-refractivity contribution is 0.0343. The normalized spacial score (nSPS) is 25.1. The monoisotopic (exact) mass is 338 g/mol. The third-order valence-electron chi connectivity index (χ3n) is 4.45. The van der Waals surface area contributed by atoms with Gasteiger partial charge in [0, 0.05) is 37.2 Å².